The van der Waals surface area contributed by atoms with Crippen LogP contribution in [0.1, 0.15) is 57.8 Å². The Bertz CT molecular complexity index is 1160. The number of cyclic esters (lactones) is 1. The summed E-state index contributed by atoms with van der Waals surface area (Å²) in [4.78, 5) is 39.5. The van der Waals surface area contributed by atoms with Crippen molar-refractivity contribution in [3.63, 3.8) is 0 Å². The molecule has 9 heteroatoms. The molecule has 188 valence electrons. The Morgan fingerprint density at radius 1 is 1.26 bits per heavy atom. The number of methoxy groups -OCH3 is 1. The van der Waals surface area contributed by atoms with E-state index in [-0.39, 0.29) is 25.0 Å². The zero-order valence-electron chi connectivity index (χ0n) is 20.0. The number of carbonyl (C=O) groups excluding carboxylic acids is 3. The molecule has 0 radical (unpaired) electrons. The van der Waals surface area contributed by atoms with Crippen molar-refractivity contribution in [1.29, 1.82) is 0 Å². The number of hydrogen-bond donors (Lipinski definition) is 2. The molecule has 2 N–H and O–H groups in total. The molecule has 2 aliphatic heterocycles. The van der Waals surface area contributed by atoms with Crippen molar-refractivity contribution >= 4 is 17.7 Å². The third-order valence-electron chi connectivity index (χ3n) is 11.1. The standard InChI is InChI=1S/C26H30O9/c1-22-11-24(30)17(13(22)9-15(27)32-3)12-6-7-23(2)21(14-5-4-8-33-14)34-16(28)10-25(23)26(12,31)19(24)18(35-25)20(22)29/h4-5,8,12-13,17-19,21,30-31H,6-7,9-11H2,1-3H3/t12-,13+,17-,18+,19-,21+,22-,23-,24-,25+,26-/m0/s1. The maximum atomic E-state index is 14.0. The second-order valence-corrected chi connectivity index (χ2v) is 12.2. The molecule has 6 fully saturated rings. The quantitative estimate of drug-likeness (QED) is 0.613. The molecule has 1 spiro atoms. The molecule has 1 aromatic rings. The van der Waals surface area contributed by atoms with E-state index >= 15 is 0 Å². The Hall–Kier alpha value is -2.23. The number of esters is 2. The molecular weight excluding hydrogens is 456 g/mol. The van der Waals surface area contributed by atoms with E-state index in [0.717, 1.165) is 0 Å². The highest BCUT2D eigenvalue weighted by molar-refractivity contribution is 5.93. The first kappa shape index (κ1) is 22.0. The molecule has 2 bridgehead atoms. The maximum absolute atomic E-state index is 14.0. The molecule has 6 aliphatic rings. The lowest BCUT2D eigenvalue weighted by molar-refractivity contribution is -0.292. The average Bonchev–Trinajstić information content (AvgIpc) is 3.50. The number of carbonyl (C=O) groups is 3. The molecule has 7 rings (SSSR count). The summed E-state index contributed by atoms with van der Waals surface area (Å²) in [6.45, 7) is 3.73. The molecule has 3 heterocycles. The lowest BCUT2D eigenvalue weighted by atomic mass is 9.47. The van der Waals surface area contributed by atoms with Crippen LogP contribution in [-0.2, 0) is 28.6 Å². The molecule has 0 amide bonds. The lowest BCUT2D eigenvalue weighted by Gasteiger charge is -2.62. The third-order valence-corrected chi connectivity index (χ3v) is 11.1. The fourth-order valence-electron chi connectivity index (χ4n) is 9.95. The van der Waals surface area contributed by atoms with E-state index in [4.69, 9.17) is 18.6 Å². The number of ether oxygens (including phenoxy) is 3. The maximum Gasteiger partial charge on any atom is 0.309 e. The van der Waals surface area contributed by atoms with Gasteiger partial charge in [0.25, 0.3) is 0 Å². The normalized spacial score (nSPS) is 55.0. The van der Waals surface area contributed by atoms with Gasteiger partial charge in [-0.05, 0) is 49.1 Å². The van der Waals surface area contributed by atoms with Gasteiger partial charge >= 0.3 is 11.9 Å². The highest BCUT2D eigenvalue weighted by Gasteiger charge is 2.92. The minimum Gasteiger partial charge on any atom is -0.469 e. The van der Waals surface area contributed by atoms with Crippen LogP contribution < -0.4 is 0 Å². The van der Waals surface area contributed by atoms with Gasteiger partial charge in [0.1, 0.15) is 23.1 Å². The van der Waals surface area contributed by atoms with Crippen molar-refractivity contribution in [2.45, 2.75) is 75.0 Å². The third kappa shape index (κ3) is 2.06. The van der Waals surface area contributed by atoms with Gasteiger partial charge in [-0.15, -0.1) is 0 Å². The fourth-order valence-corrected chi connectivity index (χ4v) is 9.95. The van der Waals surface area contributed by atoms with Crippen LogP contribution >= 0.6 is 0 Å². The Morgan fingerprint density at radius 2 is 2.03 bits per heavy atom. The summed E-state index contributed by atoms with van der Waals surface area (Å²) in [5.74, 6) is -3.03. The highest BCUT2D eigenvalue weighted by Crippen LogP contribution is 2.81. The van der Waals surface area contributed by atoms with Gasteiger partial charge in [-0.3, -0.25) is 14.4 Å². The monoisotopic (exact) mass is 486 g/mol. The van der Waals surface area contributed by atoms with Crippen LogP contribution in [0.15, 0.2) is 22.8 Å². The van der Waals surface area contributed by atoms with Crippen LogP contribution in [0.25, 0.3) is 0 Å². The minimum absolute atomic E-state index is 0.0148. The summed E-state index contributed by atoms with van der Waals surface area (Å²) in [6, 6.07) is 3.45. The van der Waals surface area contributed by atoms with Crippen LogP contribution in [-0.4, -0.2) is 58.0 Å². The molecule has 0 aromatic carbocycles. The van der Waals surface area contributed by atoms with Gasteiger partial charge in [0.05, 0.1) is 31.3 Å². The second-order valence-electron chi connectivity index (χ2n) is 12.2. The number of Topliss-reactive ketones (excluding diaryl/α,β-unsaturated/α-hetero) is 1. The largest absolute Gasteiger partial charge is 0.469 e. The average molecular weight is 487 g/mol. The van der Waals surface area contributed by atoms with Crippen molar-refractivity contribution in [2.24, 2.45) is 34.5 Å². The van der Waals surface area contributed by atoms with Crippen molar-refractivity contribution in [3.05, 3.63) is 24.2 Å². The van der Waals surface area contributed by atoms with Gasteiger partial charge in [0.15, 0.2) is 11.9 Å². The number of ketones is 1. The fraction of sp³-hybridized carbons (Fsp3) is 0.731. The Kier molecular flexibility index (Phi) is 3.88. The summed E-state index contributed by atoms with van der Waals surface area (Å²) in [5, 5.41) is 25.0. The van der Waals surface area contributed by atoms with Gasteiger partial charge < -0.3 is 28.8 Å². The number of aliphatic hydroxyl groups is 2. The Morgan fingerprint density at radius 3 is 2.71 bits per heavy atom. The lowest BCUT2D eigenvalue weighted by Crippen LogP contribution is -2.72. The smallest absolute Gasteiger partial charge is 0.309 e. The van der Waals surface area contributed by atoms with Gasteiger partial charge in [0.2, 0.25) is 0 Å². The van der Waals surface area contributed by atoms with E-state index in [1.54, 1.807) is 19.1 Å². The van der Waals surface area contributed by atoms with E-state index in [1.165, 1.54) is 13.4 Å². The molecule has 1 aromatic heterocycles. The van der Waals surface area contributed by atoms with Crippen LogP contribution in [0.5, 0.6) is 0 Å². The van der Waals surface area contributed by atoms with Crippen molar-refractivity contribution in [3.8, 4) is 0 Å². The van der Waals surface area contributed by atoms with E-state index < -0.39 is 75.5 Å². The van der Waals surface area contributed by atoms with Crippen LogP contribution in [0.4, 0.5) is 0 Å². The van der Waals surface area contributed by atoms with Gasteiger partial charge in [-0.2, -0.15) is 0 Å². The molecule has 9 nitrogen and oxygen atoms in total. The predicted molar refractivity (Wildman–Crippen MR) is 115 cm³/mol. The first-order chi connectivity index (χ1) is 16.5. The molecule has 35 heavy (non-hydrogen) atoms. The molecule has 0 unspecified atom stereocenters. The van der Waals surface area contributed by atoms with E-state index in [1.807, 2.05) is 6.92 Å². The van der Waals surface area contributed by atoms with Gasteiger partial charge in [0, 0.05) is 17.3 Å². The molecule has 4 saturated carbocycles. The van der Waals surface area contributed by atoms with Crippen LogP contribution in [0.2, 0.25) is 0 Å². The SMILES string of the molecule is COC(=O)C[C@@H]1[C@@H]2[C@@H]3CC[C@@]4(C)[C@@H](c5ccco5)OC(=O)C[C@@]45O[C@H]4C(=O)[C@@]1(C)C[C@@]2(O)[C@H]4[C@@]35O. The highest BCUT2D eigenvalue weighted by atomic mass is 16.6. The zero-order valence-corrected chi connectivity index (χ0v) is 20.0. The molecule has 2 saturated heterocycles. The van der Waals surface area contributed by atoms with E-state index in [0.29, 0.717) is 18.6 Å². The van der Waals surface area contributed by atoms with Crippen molar-refractivity contribution in [1.82, 2.24) is 0 Å². The van der Waals surface area contributed by atoms with Crippen LogP contribution in [0.3, 0.4) is 0 Å². The number of furan rings is 1. The van der Waals surface area contributed by atoms with Crippen molar-refractivity contribution in [2.75, 3.05) is 7.11 Å². The zero-order chi connectivity index (χ0) is 24.8. The first-order valence-corrected chi connectivity index (χ1v) is 12.4. The minimum atomic E-state index is -1.64. The summed E-state index contributed by atoms with van der Waals surface area (Å²) >= 11 is 0. The summed E-state index contributed by atoms with van der Waals surface area (Å²) in [7, 11) is 1.31. The summed E-state index contributed by atoms with van der Waals surface area (Å²) < 4.78 is 23.1. The second kappa shape index (κ2) is 6.18. The number of rotatable bonds is 3. The first-order valence-electron chi connectivity index (χ1n) is 12.4. The van der Waals surface area contributed by atoms with Gasteiger partial charge in [-0.25, -0.2) is 0 Å². The summed E-state index contributed by atoms with van der Waals surface area (Å²) in [6.07, 6.45) is 0.630. The predicted octanol–water partition coefficient (Wildman–Crippen LogP) is 1.70. The Balaban J connectivity index is 1.45. The van der Waals surface area contributed by atoms with E-state index in [2.05, 4.69) is 0 Å². The van der Waals surface area contributed by atoms with E-state index in [9.17, 15) is 24.6 Å². The number of hydrogen-bond acceptors (Lipinski definition) is 9. The topological polar surface area (TPSA) is 133 Å². The van der Waals surface area contributed by atoms with Crippen molar-refractivity contribution < 1.29 is 43.2 Å². The molecule has 11 atom stereocenters. The van der Waals surface area contributed by atoms with Crippen LogP contribution in [0, 0.1) is 34.5 Å². The summed E-state index contributed by atoms with van der Waals surface area (Å²) in [5.41, 5.74) is -6.34. The Labute approximate surface area is 202 Å². The number of fused-ring (bicyclic) bond motifs is 2. The molecule has 4 aliphatic carbocycles. The van der Waals surface area contributed by atoms with Gasteiger partial charge in [-0.1, -0.05) is 13.8 Å². The molecular formula is C26H30O9.